The quantitative estimate of drug-likeness (QED) is 0.837. The van der Waals surface area contributed by atoms with Crippen LogP contribution in [0.3, 0.4) is 0 Å². The maximum atomic E-state index is 4.49. The van der Waals surface area contributed by atoms with Gasteiger partial charge in [-0.05, 0) is 13.3 Å². The van der Waals surface area contributed by atoms with E-state index in [1.807, 2.05) is 6.20 Å². The van der Waals surface area contributed by atoms with E-state index in [4.69, 9.17) is 0 Å². The predicted molar refractivity (Wildman–Crippen MR) is 66.8 cm³/mol. The highest BCUT2D eigenvalue weighted by Crippen LogP contribution is 2.14. The Bertz CT molecular complexity index is 321. The second-order valence-corrected chi connectivity index (χ2v) is 4.58. The molecule has 4 heteroatoms. The van der Waals surface area contributed by atoms with Gasteiger partial charge in [0, 0.05) is 44.6 Å². The van der Waals surface area contributed by atoms with Crippen molar-refractivity contribution in [2.75, 3.05) is 24.5 Å². The van der Waals surface area contributed by atoms with Crippen LogP contribution in [0.25, 0.3) is 0 Å². The van der Waals surface area contributed by atoms with Crippen molar-refractivity contribution in [3.05, 3.63) is 12.4 Å². The Morgan fingerprint density at radius 3 is 3.19 bits per heavy atom. The molecule has 2 heterocycles. The molecule has 1 aliphatic rings. The highest BCUT2D eigenvalue weighted by molar-refractivity contribution is 5.32. The number of piperazine rings is 1. The second kappa shape index (κ2) is 5.34. The van der Waals surface area contributed by atoms with Crippen LogP contribution in [0.2, 0.25) is 0 Å². The van der Waals surface area contributed by atoms with Gasteiger partial charge in [-0.1, -0.05) is 13.3 Å². The zero-order valence-electron chi connectivity index (χ0n) is 10.3. The minimum atomic E-state index is 0.560. The Kier molecular flexibility index (Phi) is 3.83. The molecule has 0 bridgehead atoms. The highest BCUT2D eigenvalue weighted by atomic mass is 15.3. The third-order valence-electron chi connectivity index (χ3n) is 3.10. The molecule has 4 nitrogen and oxygen atoms in total. The molecule has 1 atom stereocenters. The number of nitrogens with one attached hydrogen (secondary N) is 1. The average Bonchev–Trinajstić information content (AvgIpc) is 2.74. The van der Waals surface area contributed by atoms with Crippen molar-refractivity contribution in [3.8, 4) is 0 Å². The van der Waals surface area contributed by atoms with Gasteiger partial charge in [0.2, 0.25) is 5.95 Å². The maximum absolute atomic E-state index is 4.49. The molecule has 1 aliphatic heterocycles. The van der Waals surface area contributed by atoms with Gasteiger partial charge in [0.15, 0.2) is 0 Å². The van der Waals surface area contributed by atoms with Crippen LogP contribution < -0.4 is 10.2 Å². The van der Waals surface area contributed by atoms with Crippen molar-refractivity contribution < 1.29 is 0 Å². The molecule has 1 fully saturated rings. The summed E-state index contributed by atoms with van der Waals surface area (Å²) in [7, 11) is 0. The lowest BCUT2D eigenvalue weighted by Gasteiger charge is -2.32. The van der Waals surface area contributed by atoms with Gasteiger partial charge in [0.1, 0.15) is 0 Å². The number of nitrogens with zero attached hydrogens (tertiary/aromatic N) is 3. The molecule has 1 unspecified atom stereocenters. The van der Waals surface area contributed by atoms with E-state index in [1.165, 1.54) is 12.8 Å². The lowest BCUT2D eigenvalue weighted by molar-refractivity contribution is 0.472. The van der Waals surface area contributed by atoms with Crippen LogP contribution in [-0.4, -0.2) is 35.2 Å². The van der Waals surface area contributed by atoms with Gasteiger partial charge in [0.05, 0.1) is 0 Å². The molecule has 0 amide bonds. The van der Waals surface area contributed by atoms with Gasteiger partial charge >= 0.3 is 0 Å². The molecule has 1 N–H and O–H groups in total. The number of rotatable bonds is 4. The first kappa shape index (κ1) is 11.5. The molecule has 0 spiro atoms. The minimum absolute atomic E-state index is 0.560. The van der Waals surface area contributed by atoms with Gasteiger partial charge in [-0.25, -0.2) is 4.98 Å². The summed E-state index contributed by atoms with van der Waals surface area (Å²) in [5, 5.41) is 3.46. The third-order valence-corrected chi connectivity index (χ3v) is 3.10. The molecule has 1 aromatic heterocycles. The Morgan fingerprint density at radius 2 is 2.44 bits per heavy atom. The number of hydrogen-bond acceptors (Lipinski definition) is 3. The Hall–Kier alpha value is -1.03. The van der Waals surface area contributed by atoms with Crippen LogP contribution in [0.5, 0.6) is 0 Å². The summed E-state index contributed by atoms with van der Waals surface area (Å²) in [6, 6.07) is 0.560. The highest BCUT2D eigenvalue weighted by Gasteiger charge is 2.19. The topological polar surface area (TPSA) is 33.1 Å². The van der Waals surface area contributed by atoms with Crippen LogP contribution in [0.1, 0.15) is 26.7 Å². The Balaban J connectivity index is 2.04. The van der Waals surface area contributed by atoms with Crippen LogP contribution in [-0.2, 0) is 6.54 Å². The summed E-state index contributed by atoms with van der Waals surface area (Å²) in [6.07, 6.45) is 6.47. The van der Waals surface area contributed by atoms with Gasteiger partial charge in [-0.2, -0.15) is 0 Å². The summed E-state index contributed by atoms with van der Waals surface area (Å²) >= 11 is 0. The molecule has 1 aromatic rings. The van der Waals surface area contributed by atoms with Crippen molar-refractivity contribution in [3.63, 3.8) is 0 Å². The summed E-state index contributed by atoms with van der Waals surface area (Å²) in [5.41, 5.74) is 0. The number of aryl methyl sites for hydroxylation is 1. The zero-order chi connectivity index (χ0) is 11.4. The molecule has 16 heavy (non-hydrogen) atoms. The summed E-state index contributed by atoms with van der Waals surface area (Å²) in [6.45, 7) is 8.72. The van der Waals surface area contributed by atoms with E-state index in [9.17, 15) is 0 Å². The minimum Gasteiger partial charge on any atom is -0.339 e. The van der Waals surface area contributed by atoms with Crippen molar-refractivity contribution in [1.29, 1.82) is 0 Å². The van der Waals surface area contributed by atoms with E-state index in [0.29, 0.717) is 6.04 Å². The van der Waals surface area contributed by atoms with E-state index in [1.54, 1.807) is 0 Å². The molecule has 0 radical (unpaired) electrons. The largest absolute Gasteiger partial charge is 0.339 e. The van der Waals surface area contributed by atoms with Crippen molar-refractivity contribution in [2.24, 2.45) is 0 Å². The molecule has 0 saturated carbocycles. The average molecular weight is 222 g/mol. The Labute approximate surface area is 97.7 Å². The SMILES string of the molecule is CCCCn1ccnc1N1CCNC(C)C1. The lowest BCUT2D eigenvalue weighted by atomic mass is 10.2. The third kappa shape index (κ3) is 2.55. The van der Waals surface area contributed by atoms with Gasteiger partial charge in [-0.3, -0.25) is 0 Å². The fourth-order valence-corrected chi connectivity index (χ4v) is 2.20. The molecule has 2 rings (SSSR count). The van der Waals surface area contributed by atoms with Crippen molar-refractivity contribution in [2.45, 2.75) is 39.3 Å². The normalized spacial score (nSPS) is 21.4. The first-order valence-electron chi connectivity index (χ1n) is 6.30. The second-order valence-electron chi connectivity index (χ2n) is 4.58. The first-order chi connectivity index (χ1) is 7.81. The first-order valence-corrected chi connectivity index (χ1v) is 6.30. The number of aromatic nitrogens is 2. The summed E-state index contributed by atoms with van der Waals surface area (Å²) < 4.78 is 2.28. The molecule has 1 saturated heterocycles. The standard InChI is InChI=1S/C12H22N4/c1-3-4-7-15-8-6-14-12(15)16-9-5-13-11(2)10-16/h6,8,11,13H,3-5,7,9-10H2,1-2H3. The van der Waals surface area contributed by atoms with Crippen molar-refractivity contribution >= 4 is 5.95 Å². The van der Waals surface area contributed by atoms with Crippen LogP contribution >= 0.6 is 0 Å². The fourth-order valence-electron chi connectivity index (χ4n) is 2.20. The smallest absolute Gasteiger partial charge is 0.205 e. The van der Waals surface area contributed by atoms with Gasteiger partial charge in [0.25, 0.3) is 0 Å². The number of unbranched alkanes of at least 4 members (excludes halogenated alkanes) is 1. The summed E-state index contributed by atoms with van der Waals surface area (Å²) in [4.78, 5) is 6.87. The molecule has 90 valence electrons. The fraction of sp³-hybridized carbons (Fsp3) is 0.750. The predicted octanol–water partition coefficient (Wildman–Crippen LogP) is 1.48. The van der Waals surface area contributed by atoms with Gasteiger partial charge < -0.3 is 14.8 Å². The van der Waals surface area contributed by atoms with E-state index < -0.39 is 0 Å². The van der Waals surface area contributed by atoms with Crippen LogP contribution in [0.4, 0.5) is 5.95 Å². The molecular weight excluding hydrogens is 200 g/mol. The van der Waals surface area contributed by atoms with E-state index >= 15 is 0 Å². The van der Waals surface area contributed by atoms with Gasteiger partial charge in [-0.15, -0.1) is 0 Å². The van der Waals surface area contributed by atoms with Crippen LogP contribution in [0.15, 0.2) is 12.4 Å². The maximum Gasteiger partial charge on any atom is 0.205 e. The van der Waals surface area contributed by atoms with Crippen LogP contribution in [0, 0.1) is 0 Å². The zero-order valence-corrected chi connectivity index (χ0v) is 10.3. The van der Waals surface area contributed by atoms with E-state index in [2.05, 4.69) is 39.8 Å². The monoisotopic (exact) mass is 222 g/mol. The molecule has 0 aliphatic carbocycles. The van der Waals surface area contributed by atoms with E-state index in [-0.39, 0.29) is 0 Å². The summed E-state index contributed by atoms with van der Waals surface area (Å²) in [5.74, 6) is 1.14. The number of hydrogen-bond donors (Lipinski definition) is 1. The number of anilines is 1. The Morgan fingerprint density at radius 1 is 1.56 bits per heavy atom. The van der Waals surface area contributed by atoms with Crippen molar-refractivity contribution in [1.82, 2.24) is 14.9 Å². The molecule has 0 aromatic carbocycles. The number of imidazole rings is 1. The van der Waals surface area contributed by atoms with E-state index in [0.717, 1.165) is 32.1 Å². The lowest BCUT2D eigenvalue weighted by Crippen LogP contribution is -2.50. The molecular formula is C12H22N4.